The molecule has 138 valence electrons. The lowest BCUT2D eigenvalue weighted by Gasteiger charge is -2.15. The fourth-order valence-corrected chi connectivity index (χ4v) is 2.10. The minimum Gasteiger partial charge on any atom is -0.487 e. The van der Waals surface area contributed by atoms with Crippen molar-refractivity contribution in [3.05, 3.63) is 23.3 Å². The topological polar surface area (TPSA) is 121 Å². The second kappa shape index (κ2) is 9.82. The molecule has 0 bridgehead atoms. The Labute approximate surface area is 144 Å². The number of carboxylic acid groups (broad SMARTS) is 2. The molecule has 9 heteroatoms. The van der Waals surface area contributed by atoms with Gasteiger partial charge in [-0.15, -0.1) is 0 Å². The fraction of sp³-hybridized carbons (Fsp3) is 0.500. The predicted octanol–water partition coefficient (Wildman–Crippen LogP) is 0.904. The van der Waals surface area contributed by atoms with E-state index >= 15 is 0 Å². The van der Waals surface area contributed by atoms with Crippen LogP contribution in [0.25, 0.3) is 0 Å². The third-order valence-corrected chi connectivity index (χ3v) is 3.26. The molecule has 0 amide bonds. The van der Waals surface area contributed by atoms with Crippen LogP contribution in [-0.4, -0.2) is 75.0 Å². The van der Waals surface area contributed by atoms with Gasteiger partial charge in [-0.3, -0.25) is 0 Å². The van der Waals surface area contributed by atoms with E-state index < -0.39 is 11.9 Å². The van der Waals surface area contributed by atoms with E-state index in [-0.39, 0.29) is 49.1 Å². The van der Waals surface area contributed by atoms with Gasteiger partial charge in [0.25, 0.3) is 0 Å². The van der Waals surface area contributed by atoms with E-state index in [4.69, 9.17) is 23.7 Å². The number of carbonyl (C=O) groups is 2. The summed E-state index contributed by atoms with van der Waals surface area (Å²) in [5, 5.41) is 18.4. The van der Waals surface area contributed by atoms with Crippen LogP contribution in [0.5, 0.6) is 11.5 Å². The van der Waals surface area contributed by atoms with Gasteiger partial charge in [0.05, 0.1) is 50.8 Å². The van der Waals surface area contributed by atoms with Gasteiger partial charge in [-0.2, -0.15) is 0 Å². The summed E-state index contributed by atoms with van der Waals surface area (Å²) in [5.41, 5.74) is -0.753. The van der Waals surface area contributed by atoms with Crippen LogP contribution in [0.1, 0.15) is 20.7 Å². The molecule has 9 nitrogen and oxygen atoms in total. The molecule has 1 heterocycles. The summed E-state index contributed by atoms with van der Waals surface area (Å²) < 4.78 is 26.9. The van der Waals surface area contributed by atoms with Crippen molar-refractivity contribution < 1.29 is 43.5 Å². The summed E-state index contributed by atoms with van der Waals surface area (Å²) in [6.45, 7) is 2.49. The number of benzene rings is 1. The zero-order chi connectivity index (χ0) is 18.1. The largest absolute Gasteiger partial charge is 0.487 e. The minimum atomic E-state index is -1.36. The standard InChI is InChI=1S/C16H20O9/c17-15(18)11-9-13-14(10-12(11)16(19)20)25-8-6-23-4-2-21-1-3-22-5-7-24-13/h9-10H,1-8H2,(H,17,18)(H,19,20). The van der Waals surface area contributed by atoms with Gasteiger partial charge in [-0.05, 0) is 12.1 Å². The Balaban J connectivity index is 2.22. The molecule has 0 fully saturated rings. The number of ether oxygens (including phenoxy) is 5. The molecule has 1 aliphatic heterocycles. The molecule has 0 unspecified atom stereocenters. The molecule has 25 heavy (non-hydrogen) atoms. The first kappa shape index (κ1) is 19.0. The molecule has 0 aromatic heterocycles. The molecule has 1 aromatic carbocycles. The molecule has 0 saturated heterocycles. The van der Waals surface area contributed by atoms with Crippen LogP contribution < -0.4 is 9.47 Å². The van der Waals surface area contributed by atoms with Gasteiger partial charge in [0.15, 0.2) is 11.5 Å². The van der Waals surface area contributed by atoms with Crippen LogP contribution in [0.3, 0.4) is 0 Å². The maximum atomic E-state index is 11.3. The number of rotatable bonds is 2. The first-order chi connectivity index (χ1) is 12.1. The monoisotopic (exact) mass is 356 g/mol. The van der Waals surface area contributed by atoms with Gasteiger partial charge in [0, 0.05) is 0 Å². The quantitative estimate of drug-likeness (QED) is 0.796. The lowest BCUT2D eigenvalue weighted by atomic mass is 10.1. The smallest absolute Gasteiger partial charge is 0.336 e. The number of hydrogen-bond acceptors (Lipinski definition) is 7. The number of hydrogen-bond donors (Lipinski definition) is 2. The highest BCUT2D eigenvalue weighted by atomic mass is 16.6. The molecule has 0 atom stereocenters. The van der Waals surface area contributed by atoms with Crippen LogP contribution in [0, 0.1) is 0 Å². The molecular weight excluding hydrogens is 336 g/mol. The number of carboxylic acids is 2. The van der Waals surface area contributed by atoms with E-state index in [9.17, 15) is 19.8 Å². The number of fused-ring (bicyclic) bond motifs is 1. The predicted molar refractivity (Wildman–Crippen MR) is 83.8 cm³/mol. The van der Waals surface area contributed by atoms with Gasteiger partial charge < -0.3 is 33.9 Å². The highest BCUT2D eigenvalue weighted by Gasteiger charge is 2.21. The van der Waals surface area contributed by atoms with Gasteiger partial charge in [0.1, 0.15) is 13.2 Å². The van der Waals surface area contributed by atoms with Gasteiger partial charge >= 0.3 is 11.9 Å². The molecule has 2 N–H and O–H groups in total. The van der Waals surface area contributed by atoms with Gasteiger partial charge in [-0.25, -0.2) is 9.59 Å². The summed E-state index contributed by atoms with van der Waals surface area (Å²) in [4.78, 5) is 22.6. The molecule has 0 saturated carbocycles. The summed E-state index contributed by atoms with van der Waals surface area (Å²) in [5.74, 6) is -2.46. The Morgan fingerprint density at radius 3 is 1.28 bits per heavy atom. The zero-order valence-corrected chi connectivity index (χ0v) is 13.6. The van der Waals surface area contributed by atoms with E-state index in [0.717, 1.165) is 12.1 Å². The van der Waals surface area contributed by atoms with Crippen LogP contribution in [0.15, 0.2) is 12.1 Å². The van der Waals surface area contributed by atoms with E-state index in [1.54, 1.807) is 0 Å². The highest BCUT2D eigenvalue weighted by Crippen LogP contribution is 2.31. The Kier molecular flexibility index (Phi) is 7.45. The van der Waals surface area contributed by atoms with Crippen LogP contribution in [-0.2, 0) is 14.2 Å². The van der Waals surface area contributed by atoms with Crippen molar-refractivity contribution in [2.24, 2.45) is 0 Å². The molecule has 0 radical (unpaired) electrons. The average Bonchev–Trinajstić information content (AvgIpc) is 2.59. The Morgan fingerprint density at radius 1 is 0.640 bits per heavy atom. The fourth-order valence-electron chi connectivity index (χ4n) is 2.10. The van der Waals surface area contributed by atoms with E-state index in [0.29, 0.717) is 26.4 Å². The first-order valence-corrected chi connectivity index (χ1v) is 7.73. The van der Waals surface area contributed by atoms with Crippen molar-refractivity contribution in [1.82, 2.24) is 0 Å². The lowest BCUT2D eigenvalue weighted by Crippen LogP contribution is -2.14. The van der Waals surface area contributed by atoms with Crippen molar-refractivity contribution in [3.8, 4) is 11.5 Å². The summed E-state index contributed by atoms with van der Waals surface area (Å²) in [7, 11) is 0. The summed E-state index contributed by atoms with van der Waals surface area (Å²) >= 11 is 0. The average molecular weight is 356 g/mol. The summed E-state index contributed by atoms with van der Waals surface area (Å²) in [6.07, 6.45) is 0. The maximum Gasteiger partial charge on any atom is 0.336 e. The van der Waals surface area contributed by atoms with Crippen LogP contribution >= 0.6 is 0 Å². The SMILES string of the molecule is O=C(O)c1cc2c(cc1C(=O)O)OCCOCCOCCOCCO2. The lowest BCUT2D eigenvalue weighted by molar-refractivity contribution is 0.00708. The Bertz CT molecular complexity index is 549. The Hall–Kier alpha value is -2.36. The molecular formula is C16H20O9. The Morgan fingerprint density at radius 2 is 0.960 bits per heavy atom. The summed E-state index contributed by atoms with van der Waals surface area (Å²) in [6, 6.07) is 2.28. The van der Waals surface area contributed by atoms with Crippen molar-refractivity contribution >= 4 is 11.9 Å². The van der Waals surface area contributed by atoms with Crippen molar-refractivity contribution in [1.29, 1.82) is 0 Å². The van der Waals surface area contributed by atoms with Crippen molar-refractivity contribution in [3.63, 3.8) is 0 Å². The molecule has 0 aliphatic carbocycles. The molecule has 1 aromatic rings. The van der Waals surface area contributed by atoms with Crippen molar-refractivity contribution in [2.45, 2.75) is 0 Å². The maximum absolute atomic E-state index is 11.3. The third kappa shape index (κ3) is 5.89. The zero-order valence-electron chi connectivity index (χ0n) is 13.6. The number of aromatic carboxylic acids is 2. The first-order valence-electron chi connectivity index (χ1n) is 7.73. The van der Waals surface area contributed by atoms with E-state index in [1.165, 1.54) is 0 Å². The minimum absolute atomic E-state index is 0.136. The molecule has 0 spiro atoms. The van der Waals surface area contributed by atoms with Crippen LogP contribution in [0.2, 0.25) is 0 Å². The third-order valence-electron chi connectivity index (χ3n) is 3.26. The van der Waals surface area contributed by atoms with E-state index in [1.807, 2.05) is 0 Å². The second-order valence-electron chi connectivity index (χ2n) is 4.99. The van der Waals surface area contributed by atoms with Crippen molar-refractivity contribution in [2.75, 3.05) is 52.9 Å². The van der Waals surface area contributed by atoms with Crippen LogP contribution in [0.4, 0.5) is 0 Å². The molecule has 2 rings (SSSR count). The normalized spacial score (nSPS) is 17.1. The van der Waals surface area contributed by atoms with E-state index in [2.05, 4.69) is 0 Å². The highest BCUT2D eigenvalue weighted by molar-refractivity contribution is 6.02. The second-order valence-corrected chi connectivity index (χ2v) is 4.99. The van der Waals surface area contributed by atoms with Gasteiger partial charge in [0.2, 0.25) is 0 Å². The molecule has 1 aliphatic rings. The van der Waals surface area contributed by atoms with Gasteiger partial charge in [-0.1, -0.05) is 0 Å².